The Morgan fingerprint density at radius 2 is 1.93 bits per heavy atom. The Hall–Kier alpha value is -5.77. The summed E-state index contributed by atoms with van der Waals surface area (Å²) in [6, 6.07) is 11.6. The van der Waals surface area contributed by atoms with Crippen LogP contribution in [0.2, 0.25) is 0 Å². The molecule has 6 bridgehead atoms. The summed E-state index contributed by atoms with van der Waals surface area (Å²) < 4.78 is 19.3. The van der Waals surface area contributed by atoms with Gasteiger partial charge in [0.1, 0.15) is 24.1 Å². The van der Waals surface area contributed by atoms with E-state index < -0.39 is 41.0 Å². The molecule has 0 aliphatic carbocycles. The lowest BCUT2D eigenvalue weighted by atomic mass is 9.84. The van der Waals surface area contributed by atoms with E-state index >= 15 is 0 Å². The van der Waals surface area contributed by atoms with E-state index in [0.717, 1.165) is 38.9 Å². The number of oxazole rings is 1. The molecule has 3 aromatic heterocycles. The normalized spacial score (nSPS) is 20.1. The molecular formula is C45H55N7O8. The average Bonchev–Trinajstić information content (AvgIpc) is 3.86. The topological polar surface area (TPSA) is 185 Å². The molecule has 318 valence electrons. The predicted octanol–water partition coefficient (Wildman–Crippen LogP) is 5.36. The van der Waals surface area contributed by atoms with Gasteiger partial charge in [-0.2, -0.15) is 5.43 Å². The molecule has 0 unspecified atom stereocenters. The van der Waals surface area contributed by atoms with E-state index in [1.807, 2.05) is 52.1 Å². The molecule has 0 saturated carbocycles. The number of nitrogens with zero attached hydrogens (tertiary/aromatic N) is 5. The average molecular weight is 822 g/mol. The van der Waals surface area contributed by atoms with Gasteiger partial charge in [0, 0.05) is 74.4 Å². The summed E-state index contributed by atoms with van der Waals surface area (Å²) in [6.45, 7) is 11.0. The van der Waals surface area contributed by atoms with Gasteiger partial charge >= 0.3 is 5.97 Å². The van der Waals surface area contributed by atoms with Crippen molar-refractivity contribution >= 4 is 34.7 Å². The second kappa shape index (κ2) is 17.1. The highest BCUT2D eigenvalue weighted by Crippen LogP contribution is 2.41. The van der Waals surface area contributed by atoms with Crippen LogP contribution in [-0.2, 0) is 49.9 Å². The number of anilines is 1. The summed E-state index contributed by atoms with van der Waals surface area (Å²) in [5.41, 5.74) is 6.92. The lowest BCUT2D eigenvalue weighted by molar-refractivity contribution is -0.189. The van der Waals surface area contributed by atoms with Gasteiger partial charge in [-0.3, -0.25) is 19.6 Å². The van der Waals surface area contributed by atoms with Crippen LogP contribution >= 0.6 is 0 Å². The Kier molecular flexibility index (Phi) is 12.1. The van der Waals surface area contributed by atoms with Crippen LogP contribution in [0.1, 0.15) is 64.2 Å². The number of aromatic nitrogens is 3. The highest BCUT2D eigenvalue weighted by atomic mass is 16.6. The minimum absolute atomic E-state index is 0.000449. The van der Waals surface area contributed by atoms with Gasteiger partial charge in [0.05, 0.1) is 25.1 Å². The fourth-order valence-corrected chi connectivity index (χ4v) is 8.66. The molecule has 15 heteroatoms. The Balaban J connectivity index is 1.38. The number of ether oxygens (including phenoxy) is 2. The zero-order chi connectivity index (χ0) is 42.9. The molecule has 7 rings (SSSR count). The first-order valence-corrected chi connectivity index (χ1v) is 20.4. The number of amides is 2. The summed E-state index contributed by atoms with van der Waals surface area (Å²) in [5.74, 6) is -2.19. The number of benzene rings is 2. The third-order valence-electron chi connectivity index (χ3n) is 11.4. The van der Waals surface area contributed by atoms with Crippen molar-refractivity contribution in [3.8, 4) is 28.1 Å². The molecule has 60 heavy (non-hydrogen) atoms. The van der Waals surface area contributed by atoms with Gasteiger partial charge < -0.3 is 38.9 Å². The van der Waals surface area contributed by atoms with Crippen LogP contribution in [0.5, 0.6) is 5.75 Å². The van der Waals surface area contributed by atoms with Gasteiger partial charge in [-0.25, -0.2) is 9.78 Å². The van der Waals surface area contributed by atoms with E-state index in [-0.39, 0.29) is 50.1 Å². The van der Waals surface area contributed by atoms with Crippen molar-refractivity contribution in [1.29, 1.82) is 0 Å². The molecule has 5 aromatic rings. The quantitative estimate of drug-likeness (QED) is 0.140. The molecule has 1 saturated heterocycles. The van der Waals surface area contributed by atoms with Gasteiger partial charge in [0.2, 0.25) is 11.6 Å². The Morgan fingerprint density at radius 1 is 1.13 bits per heavy atom. The number of cyclic esters (lactones) is 1. The van der Waals surface area contributed by atoms with Crippen molar-refractivity contribution in [2.45, 2.75) is 91.3 Å². The number of aromatic hydroxyl groups is 1. The maximum absolute atomic E-state index is 14.6. The molecule has 3 atom stereocenters. The van der Waals surface area contributed by atoms with Crippen LogP contribution in [0.15, 0.2) is 71.7 Å². The molecule has 2 amide bonds. The highest BCUT2D eigenvalue weighted by molar-refractivity contribution is 5.96. The molecular weight excluding hydrogens is 767 g/mol. The number of phenols is 1. The van der Waals surface area contributed by atoms with Gasteiger partial charge in [-0.05, 0) is 83.8 Å². The van der Waals surface area contributed by atoms with Crippen LogP contribution in [0.25, 0.3) is 33.3 Å². The molecule has 0 radical (unpaired) electrons. The molecule has 5 heterocycles. The Labute approximate surface area is 349 Å². The Bertz CT molecular complexity index is 2370. The van der Waals surface area contributed by atoms with E-state index in [9.17, 15) is 24.6 Å². The Morgan fingerprint density at radius 3 is 2.65 bits per heavy atom. The number of nitrogens with one attached hydrogen (secondary N) is 2. The molecule has 2 aliphatic heterocycles. The molecule has 0 spiro atoms. The van der Waals surface area contributed by atoms with Crippen molar-refractivity contribution in [3.05, 3.63) is 84.0 Å². The zero-order valence-corrected chi connectivity index (χ0v) is 35.3. The number of likely N-dealkylation sites (N-methyl/N-ethyl adjacent to an activating group) is 1. The lowest BCUT2D eigenvalue weighted by Crippen LogP contribution is -2.67. The van der Waals surface area contributed by atoms with E-state index in [2.05, 4.69) is 44.3 Å². The number of hydrazine groups is 1. The fraction of sp³-hybridized carbons (Fsp3) is 0.444. The summed E-state index contributed by atoms with van der Waals surface area (Å²) in [4.78, 5) is 53.0. The predicted molar refractivity (Wildman–Crippen MR) is 225 cm³/mol. The number of carbonyl (C=O) groups excluding carboxylic acids is 3. The van der Waals surface area contributed by atoms with Crippen LogP contribution < -0.4 is 15.6 Å². The number of methoxy groups -OCH3 is 1. The molecule has 2 aliphatic rings. The van der Waals surface area contributed by atoms with E-state index in [4.69, 9.17) is 13.9 Å². The largest absolute Gasteiger partial charge is 0.508 e. The summed E-state index contributed by atoms with van der Waals surface area (Å²) >= 11 is 0. The number of hydrogen-bond acceptors (Lipinski definition) is 12. The minimum Gasteiger partial charge on any atom is -0.508 e. The number of esters is 1. The second-order valence-electron chi connectivity index (χ2n) is 17.0. The van der Waals surface area contributed by atoms with Gasteiger partial charge in [-0.15, -0.1) is 0 Å². The first kappa shape index (κ1) is 42.4. The third kappa shape index (κ3) is 8.47. The number of phenolic OH excluding ortho intramolecular Hbond substituents is 1. The van der Waals surface area contributed by atoms with Gasteiger partial charge in [0.15, 0.2) is 0 Å². The van der Waals surface area contributed by atoms with Crippen molar-refractivity contribution in [2.75, 3.05) is 32.2 Å². The van der Waals surface area contributed by atoms with Gasteiger partial charge in [0.25, 0.3) is 11.9 Å². The van der Waals surface area contributed by atoms with Gasteiger partial charge in [-0.1, -0.05) is 39.8 Å². The van der Waals surface area contributed by atoms with Crippen LogP contribution in [-0.4, -0.2) is 92.7 Å². The highest BCUT2D eigenvalue weighted by Gasteiger charge is 2.45. The third-order valence-corrected chi connectivity index (χ3v) is 11.4. The molecule has 2 aromatic carbocycles. The maximum Gasteiger partial charge on any atom is 0.355 e. The van der Waals surface area contributed by atoms with Crippen LogP contribution in [0.3, 0.4) is 0 Å². The SMILES string of the molecule is CCn1c(-c2cnccc2COC)c2c3cc(ccc31)-c1cc(O)cc(c1)C[C@H](NC(=O)[C@H](C(C)C)N(C)c1ncco1)C(=O)N1CCC[C@@](O)(N1)C(=O)OCC(C)(C)C2. The van der Waals surface area contributed by atoms with E-state index in [0.29, 0.717) is 30.7 Å². The lowest BCUT2D eigenvalue weighted by Gasteiger charge is -2.40. The summed E-state index contributed by atoms with van der Waals surface area (Å²) in [5, 5.41) is 28.1. The molecule has 1 fully saturated rings. The summed E-state index contributed by atoms with van der Waals surface area (Å²) in [6.07, 6.45) is 7.25. The minimum atomic E-state index is -2.21. The van der Waals surface area contributed by atoms with Crippen LogP contribution in [0, 0.1) is 11.3 Å². The number of pyridine rings is 1. The maximum atomic E-state index is 14.6. The van der Waals surface area contributed by atoms with Crippen molar-refractivity contribution in [3.63, 3.8) is 0 Å². The number of rotatable bonds is 9. The van der Waals surface area contributed by atoms with E-state index in [1.54, 1.807) is 37.4 Å². The summed E-state index contributed by atoms with van der Waals surface area (Å²) in [7, 11) is 3.35. The standard InChI is InChI=1S/C45H55N7O8/c1-8-51-37-11-10-29-22-33(37)34(39(51)35-24-46-14-12-30(35)25-58-7)23-44(4,5)26-60-42(56)45(57)13-9-16-52(49-45)41(55)36(20-28-18-31(29)21-32(53)19-28)48-40(54)38(27(2)3)50(6)43-47-15-17-59-43/h10-12,14-15,17-19,21-22,24,27,36,38,49,53,57H,8-9,13,16,20,23,25-26H2,1-7H3,(H,48,54)/t36-,38-,45-/m0/s1. The number of carbonyl (C=O) groups is 3. The fourth-order valence-electron chi connectivity index (χ4n) is 8.66. The molecule has 15 nitrogen and oxygen atoms in total. The second-order valence-corrected chi connectivity index (χ2v) is 17.0. The zero-order valence-electron chi connectivity index (χ0n) is 35.3. The first-order chi connectivity index (χ1) is 28.6. The molecule has 4 N–H and O–H groups in total. The van der Waals surface area contributed by atoms with Crippen LogP contribution in [0.4, 0.5) is 6.01 Å². The van der Waals surface area contributed by atoms with Crippen molar-refractivity contribution < 1.29 is 38.5 Å². The monoisotopic (exact) mass is 821 g/mol. The number of aryl methyl sites for hydroxylation is 1. The number of hydrogen-bond donors (Lipinski definition) is 4. The smallest absolute Gasteiger partial charge is 0.355 e. The first-order valence-electron chi connectivity index (χ1n) is 20.4. The van der Waals surface area contributed by atoms with Crippen molar-refractivity contribution in [1.82, 2.24) is 30.3 Å². The van der Waals surface area contributed by atoms with E-state index in [1.165, 1.54) is 17.5 Å². The number of fused-ring (bicyclic) bond motifs is 6. The number of aliphatic hydroxyl groups is 1. The van der Waals surface area contributed by atoms with Crippen molar-refractivity contribution in [2.24, 2.45) is 11.3 Å².